The molecule has 1 aromatic carbocycles. The Balaban J connectivity index is 0.00000576. The van der Waals surface area contributed by atoms with Crippen LogP contribution in [0, 0.1) is 0 Å². The first-order valence-electron chi connectivity index (χ1n) is 8.06. The van der Waals surface area contributed by atoms with Gasteiger partial charge in [-0.25, -0.2) is 0 Å². The molecule has 0 fully saturated rings. The van der Waals surface area contributed by atoms with Crippen LogP contribution in [0.4, 0.5) is 13.2 Å². The molecule has 0 aromatic heterocycles. The third-order valence-electron chi connectivity index (χ3n) is 3.40. The summed E-state index contributed by atoms with van der Waals surface area (Å²) in [6, 6.07) is 7.80. The molecule has 0 unspecified atom stereocenters. The molecule has 1 N–H and O–H groups in total. The lowest BCUT2D eigenvalue weighted by Crippen LogP contribution is -2.38. The lowest BCUT2D eigenvalue weighted by atomic mass is 10.2. The largest absolute Gasteiger partial charge is 0.494 e. The minimum absolute atomic E-state index is 0. The number of nitrogens with one attached hydrogen (secondary N) is 1. The van der Waals surface area contributed by atoms with Crippen LogP contribution >= 0.6 is 24.0 Å². The maximum Gasteiger partial charge on any atom is 0.389 e. The number of alkyl halides is 3. The van der Waals surface area contributed by atoms with Crippen molar-refractivity contribution in [3.05, 3.63) is 29.8 Å². The predicted octanol–water partition coefficient (Wildman–Crippen LogP) is 4.44. The molecule has 0 saturated heterocycles. The van der Waals surface area contributed by atoms with E-state index in [-0.39, 0.29) is 30.4 Å². The van der Waals surface area contributed by atoms with Crippen LogP contribution in [0.3, 0.4) is 0 Å². The van der Waals surface area contributed by atoms with Crippen LogP contribution in [0.15, 0.2) is 29.3 Å². The van der Waals surface area contributed by atoms with E-state index in [2.05, 4.69) is 10.3 Å². The highest BCUT2D eigenvalue weighted by molar-refractivity contribution is 14.0. The summed E-state index contributed by atoms with van der Waals surface area (Å²) in [6.07, 6.45) is -4.24. The minimum atomic E-state index is -4.08. The molecule has 0 spiro atoms. The molecule has 0 bridgehead atoms. The first kappa shape index (κ1) is 23.8. The van der Waals surface area contributed by atoms with E-state index >= 15 is 0 Å². The van der Waals surface area contributed by atoms with Crippen molar-refractivity contribution in [2.75, 3.05) is 27.2 Å². The molecular weight excluding hydrogens is 446 g/mol. The van der Waals surface area contributed by atoms with Crippen LogP contribution in [0.25, 0.3) is 0 Å². The normalized spacial score (nSPS) is 11.7. The fourth-order valence-corrected chi connectivity index (χ4v) is 2.24. The minimum Gasteiger partial charge on any atom is -0.494 e. The summed E-state index contributed by atoms with van der Waals surface area (Å²) in [6.45, 7) is 3.68. The zero-order chi connectivity index (χ0) is 18.0. The molecule has 1 aromatic rings. The van der Waals surface area contributed by atoms with E-state index in [0.717, 1.165) is 11.3 Å². The van der Waals surface area contributed by atoms with E-state index in [1.807, 2.05) is 43.1 Å². The van der Waals surface area contributed by atoms with Crippen molar-refractivity contribution in [3.63, 3.8) is 0 Å². The van der Waals surface area contributed by atoms with Crippen LogP contribution in [-0.2, 0) is 6.54 Å². The molecule has 4 nitrogen and oxygen atoms in total. The number of guanidine groups is 1. The maximum absolute atomic E-state index is 12.1. The lowest BCUT2D eigenvalue weighted by Gasteiger charge is -2.22. The zero-order valence-electron chi connectivity index (χ0n) is 14.9. The third kappa shape index (κ3) is 10.4. The van der Waals surface area contributed by atoms with Crippen molar-refractivity contribution in [1.29, 1.82) is 0 Å². The Hall–Kier alpha value is -1.19. The topological polar surface area (TPSA) is 36.9 Å². The molecule has 0 amide bonds. The standard InChI is InChI=1S/C17H26F3N3O.HI/c1-4-24-15-9-7-14(8-10-15)13-23(3)16(21-2)22-12-6-5-11-17(18,19)20;/h7-10H,4-6,11-13H2,1-3H3,(H,21,22);1H. The number of hydrogen-bond donors (Lipinski definition) is 1. The third-order valence-corrected chi connectivity index (χ3v) is 3.40. The molecule has 0 radical (unpaired) electrons. The van der Waals surface area contributed by atoms with Gasteiger partial charge < -0.3 is 15.0 Å². The average molecular weight is 473 g/mol. The van der Waals surface area contributed by atoms with Crippen molar-refractivity contribution < 1.29 is 17.9 Å². The van der Waals surface area contributed by atoms with Gasteiger partial charge in [0.25, 0.3) is 0 Å². The van der Waals surface area contributed by atoms with Gasteiger partial charge in [0, 0.05) is 33.6 Å². The first-order chi connectivity index (χ1) is 11.4. The molecule has 0 atom stereocenters. The molecule has 25 heavy (non-hydrogen) atoms. The van der Waals surface area contributed by atoms with Gasteiger partial charge in [-0.05, 0) is 37.5 Å². The van der Waals surface area contributed by atoms with Crippen molar-refractivity contribution in [3.8, 4) is 5.75 Å². The molecule has 144 valence electrons. The van der Waals surface area contributed by atoms with Gasteiger partial charge in [-0.15, -0.1) is 24.0 Å². The van der Waals surface area contributed by atoms with Crippen molar-refractivity contribution >= 4 is 29.9 Å². The van der Waals surface area contributed by atoms with Crippen LogP contribution in [0.2, 0.25) is 0 Å². The summed E-state index contributed by atoms with van der Waals surface area (Å²) in [5, 5.41) is 3.09. The number of ether oxygens (including phenoxy) is 1. The summed E-state index contributed by atoms with van der Waals surface area (Å²) in [4.78, 5) is 6.09. The Morgan fingerprint density at radius 2 is 1.84 bits per heavy atom. The highest BCUT2D eigenvalue weighted by Gasteiger charge is 2.25. The van der Waals surface area contributed by atoms with Gasteiger partial charge >= 0.3 is 6.18 Å². The van der Waals surface area contributed by atoms with Gasteiger partial charge in [0.2, 0.25) is 0 Å². The Morgan fingerprint density at radius 3 is 2.36 bits per heavy atom. The van der Waals surface area contributed by atoms with Crippen molar-refractivity contribution in [1.82, 2.24) is 10.2 Å². The lowest BCUT2D eigenvalue weighted by molar-refractivity contribution is -0.135. The number of aliphatic imine (C=N–C) groups is 1. The van der Waals surface area contributed by atoms with Crippen molar-refractivity contribution in [2.24, 2.45) is 4.99 Å². The van der Waals surface area contributed by atoms with E-state index in [0.29, 0.717) is 32.1 Å². The smallest absolute Gasteiger partial charge is 0.389 e. The Kier molecular flexibility index (Phi) is 11.6. The maximum atomic E-state index is 12.1. The second-order valence-electron chi connectivity index (χ2n) is 5.48. The van der Waals surface area contributed by atoms with Gasteiger partial charge in [0.1, 0.15) is 5.75 Å². The van der Waals surface area contributed by atoms with Gasteiger partial charge in [0.15, 0.2) is 5.96 Å². The van der Waals surface area contributed by atoms with E-state index in [1.54, 1.807) is 7.05 Å². The SMILES string of the molecule is CCOc1ccc(CN(C)C(=NC)NCCCCC(F)(F)F)cc1.I. The van der Waals surface area contributed by atoms with E-state index in [9.17, 15) is 13.2 Å². The van der Waals surface area contributed by atoms with Gasteiger partial charge in [-0.1, -0.05) is 12.1 Å². The Bertz CT molecular complexity index is 507. The molecule has 0 aliphatic heterocycles. The summed E-state index contributed by atoms with van der Waals surface area (Å²) in [5.74, 6) is 1.49. The van der Waals surface area contributed by atoms with Gasteiger partial charge in [-0.3, -0.25) is 4.99 Å². The van der Waals surface area contributed by atoms with Gasteiger partial charge in [0.05, 0.1) is 6.61 Å². The second-order valence-corrected chi connectivity index (χ2v) is 5.48. The summed E-state index contributed by atoms with van der Waals surface area (Å²) in [7, 11) is 3.55. The number of unbranched alkanes of at least 4 members (excludes halogenated alkanes) is 1. The van der Waals surface area contributed by atoms with Gasteiger partial charge in [-0.2, -0.15) is 13.2 Å². The average Bonchev–Trinajstić information content (AvgIpc) is 2.52. The monoisotopic (exact) mass is 473 g/mol. The molecule has 0 aliphatic rings. The van der Waals surface area contributed by atoms with Crippen LogP contribution in [0.5, 0.6) is 5.75 Å². The van der Waals surface area contributed by atoms with E-state index < -0.39 is 12.6 Å². The summed E-state index contributed by atoms with van der Waals surface area (Å²) in [5.41, 5.74) is 1.10. The van der Waals surface area contributed by atoms with Crippen molar-refractivity contribution in [2.45, 2.75) is 38.9 Å². The van der Waals surface area contributed by atoms with Crippen LogP contribution in [-0.4, -0.2) is 44.3 Å². The molecule has 8 heteroatoms. The number of hydrogen-bond acceptors (Lipinski definition) is 2. The molecule has 0 heterocycles. The molecule has 0 saturated carbocycles. The fraction of sp³-hybridized carbons (Fsp3) is 0.588. The first-order valence-corrected chi connectivity index (χ1v) is 8.06. The zero-order valence-corrected chi connectivity index (χ0v) is 17.2. The second kappa shape index (κ2) is 12.2. The highest BCUT2D eigenvalue weighted by Crippen LogP contribution is 2.21. The number of rotatable bonds is 8. The van der Waals surface area contributed by atoms with Crippen LogP contribution in [0.1, 0.15) is 31.7 Å². The Morgan fingerprint density at radius 1 is 1.20 bits per heavy atom. The number of benzene rings is 1. The number of nitrogens with zero attached hydrogens (tertiary/aromatic N) is 2. The van der Waals surface area contributed by atoms with E-state index in [4.69, 9.17) is 4.74 Å². The summed E-state index contributed by atoms with van der Waals surface area (Å²) >= 11 is 0. The number of halogens is 4. The molecular formula is C17H27F3IN3O. The highest BCUT2D eigenvalue weighted by atomic mass is 127. The quantitative estimate of drug-likeness (QED) is 0.263. The fourth-order valence-electron chi connectivity index (χ4n) is 2.24. The Labute approximate surface area is 164 Å². The molecule has 0 aliphatic carbocycles. The van der Waals surface area contributed by atoms with Crippen LogP contribution < -0.4 is 10.1 Å². The summed E-state index contributed by atoms with van der Waals surface area (Å²) < 4.78 is 41.7. The van der Waals surface area contributed by atoms with E-state index in [1.165, 1.54) is 0 Å². The predicted molar refractivity (Wildman–Crippen MR) is 106 cm³/mol. The molecule has 1 rings (SSSR count).